The van der Waals surface area contributed by atoms with E-state index in [2.05, 4.69) is 20.8 Å². The second kappa shape index (κ2) is 9.95. The summed E-state index contributed by atoms with van der Waals surface area (Å²) in [5.74, 6) is 1.46. The number of anilines is 2. The first kappa shape index (κ1) is 22.7. The monoisotopic (exact) mass is 467 g/mol. The average Bonchev–Trinajstić information content (AvgIpc) is 3.41. The highest BCUT2D eigenvalue weighted by atomic mass is 32.2. The van der Waals surface area contributed by atoms with E-state index in [0.717, 1.165) is 11.3 Å². The van der Waals surface area contributed by atoms with E-state index in [1.807, 2.05) is 42.7 Å². The Balaban J connectivity index is 1.37. The predicted octanol–water partition coefficient (Wildman–Crippen LogP) is 3.64. The summed E-state index contributed by atoms with van der Waals surface area (Å²) >= 11 is 1.29. The number of carbonyl (C=O) groups excluding carboxylic acids is 2. The molecule has 2 N–H and O–H groups in total. The van der Waals surface area contributed by atoms with Crippen molar-refractivity contribution in [3.63, 3.8) is 0 Å². The van der Waals surface area contributed by atoms with E-state index >= 15 is 0 Å². The zero-order chi connectivity index (χ0) is 23.4. The Hall–Kier alpha value is -3.53. The lowest BCUT2D eigenvalue weighted by Gasteiger charge is -2.13. The van der Waals surface area contributed by atoms with Gasteiger partial charge in [0.1, 0.15) is 5.82 Å². The largest absolute Gasteiger partial charge is 0.454 e. The molecular weight excluding hydrogens is 442 g/mol. The molecule has 172 valence electrons. The standard InChI is InChI=1S/C23H25N5O4S/c1-4-28-20(12-21(29)24-16-7-5-14(2)6-8-16)26-27-23(28)33-15(3)22(30)25-17-9-10-18-19(11-17)32-13-31-18/h5-11,15H,4,12-13H2,1-3H3,(H,24,29)(H,25,30)/t15-/m1/s1. The molecule has 0 aliphatic carbocycles. The number of thioether (sulfide) groups is 1. The van der Waals surface area contributed by atoms with Crippen molar-refractivity contribution in [3.05, 3.63) is 53.9 Å². The van der Waals surface area contributed by atoms with Crippen LogP contribution in [-0.2, 0) is 22.6 Å². The molecule has 0 saturated heterocycles. The first-order valence-electron chi connectivity index (χ1n) is 10.6. The molecule has 2 aromatic carbocycles. The van der Waals surface area contributed by atoms with Gasteiger partial charge in [-0.1, -0.05) is 29.5 Å². The van der Waals surface area contributed by atoms with Gasteiger partial charge in [-0.05, 0) is 45.0 Å². The molecule has 0 fully saturated rings. The number of fused-ring (bicyclic) bond motifs is 1. The summed E-state index contributed by atoms with van der Waals surface area (Å²) in [6.45, 7) is 6.50. The normalized spacial score (nSPS) is 12.9. The van der Waals surface area contributed by atoms with Crippen LogP contribution in [0.25, 0.3) is 0 Å². The SMILES string of the molecule is CCn1c(CC(=O)Nc2ccc(C)cc2)nnc1S[C@H](C)C(=O)Nc1ccc2c(c1)OCO2. The second-order valence-electron chi connectivity index (χ2n) is 7.55. The molecule has 3 aromatic rings. The molecule has 1 aliphatic heterocycles. The molecule has 10 heteroatoms. The maximum absolute atomic E-state index is 12.7. The van der Waals surface area contributed by atoms with Gasteiger partial charge in [0.05, 0.1) is 11.7 Å². The Morgan fingerprint density at radius 2 is 1.79 bits per heavy atom. The van der Waals surface area contributed by atoms with Gasteiger partial charge in [0, 0.05) is 24.0 Å². The van der Waals surface area contributed by atoms with Crippen molar-refractivity contribution in [2.24, 2.45) is 0 Å². The number of amides is 2. The topological polar surface area (TPSA) is 107 Å². The highest BCUT2D eigenvalue weighted by molar-refractivity contribution is 8.00. The fraction of sp³-hybridized carbons (Fsp3) is 0.304. The predicted molar refractivity (Wildman–Crippen MR) is 126 cm³/mol. The molecule has 33 heavy (non-hydrogen) atoms. The molecule has 0 unspecified atom stereocenters. The summed E-state index contributed by atoms with van der Waals surface area (Å²) in [4.78, 5) is 25.2. The van der Waals surface area contributed by atoms with E-state index in [1.54, 1.807) is 25.1 Å². The van der Waals surface area contributed by atoms with Crippen molar-refractivity contribution in [3.8, 4) is 11.5 Å². The number of aromatic nitrogens is 3. The first-order chi connectivity index (χ1) is 15.9. The van der Waals surface area contributed by atoms with E-state index in [0.29, 0.717) is 34.7 Å². The molecule has 0 radical (unpaired) electrons. The summed E-state index contributed by atoms with van der Waals surface area (Å²) in [6, 6.07) is 12.9. The van der Waals surface area contributed by atoms with Gasteiger partial charge in [-0.15, -0.1) is 10.2 Å². The second-order valence-corrected chi connectivity index (χ2v) is 8.86. The van der Waals surface area contributed by atoms with E-state index < -0.39 is 5.25 Å². The van der Waals surface area contributed by atoms with Crippen molar-refractivity contribution in [1.82, 2.24) is 14.8 Å². The Labute approximate surface area is 195 Å². The van der Waals surface area contributed by atoms with Crippen LogP contribution in [0.5, 0.6) is 11.5 Å². The highest BCUT2D eigenvalue weighted by Gasteiger charge is 2.22. The summed E-state index contributed by atoms with van der Waals surface area (Å²) in [7, 11) is 0. The molecule has 1 aromatic heterocycles. The van der Waals surface area contributed by atoms with Crippen LogP contribution >= 0.6 is 11.8 Å². The number of hydrogen-bond acceptors (Lipinski definition) is 7. The van der Waals surface area contributed by atoms with Crippen molar-refractivity contribution < 1.29 is 19.1 Å². The van der Waals surface area contributed by atoms with E-state index in [4.69, 9.17) is 9.47 Å². The third-order valence-corrected chi connectivity index (χ3v) is 6.14. The molecular formula is C23H25N5O4S. The Bertz CT molecular complexity index is 1160. The maximum Gasteiger partial charge on any atom is 0.237 e. The molecule has 0 saturated carbocycles. The third-order valence-electron chi connectivity index (χ3n) is 5.06. The minimum Gasteiger partial charge on any atom is -0.454 e. The Morgan fingerprint density at radius 3 is 2.55 bits per heavy atom. The molecule has 0 bridgehead atoms. The number of rotatable bonds is 8. The molecule has 1 atom stereocenters. The fourth-order valence-electron chi connectivity index (χ4n) is 3.27. The minimum atomic E-state index is -0.431. The number of hydrogen-bond donors (Lipinski definition) is 2. The first-order valence-corrected chi connectivity index (χ1v) is 11.5. The van der Waals surface area contributed by atoms with Gasteiger partial charge < -0.3 is 24.7 Å². The van der Waals surface area contributed by atoms with Crippen LogP contribution in [0, 0.1) is 6.92 Å². The van der Waals surface area contributed by atoms with Gasteiger partial charge in [0.25, 0.3) is 0 Å². The molecule has 4 rings (SSSR count). The van der Waals surface area contributed by atoms with Crippen LogP contribution in [0.3, 0.4) is 0 Å². The lowest BCUT2D eigenvalue weighted by molar-refractivity contribution is -0.116. The Kier molecular flexibility index (Phi) is 6.83. The third kappa shape index (κ3) is 5.46. The summed E-state index contributed by atoms with van der Waals surface area (Å²) in [5.41, 5.74) is 2.48. The molecule has 2 heterocycles. The van der Waals surface area contributed by atoms with Crippen LogP contribution in [0.4, 0.5) is 11.4 Å². The lowest BCUT2D eigenvalue weighted by atomic mass is 10.2. The average molecular weight is 468 g/mol. The van der Waals surface area contributed by atoms with Crippen LogP contribution in [0.1, 0.15) is 25.2 Å². The van der Waals surface area contributed by atoms with Gasteiger partial charge in [-0.2, -0.15) is 0 Å². The van der Waals surface area contributed by atoms with Gasteiger partial charge in [-0.25, -0.2) is 0 Å². The summed E-state index contributed by atoms with van der Waals surface area (Å²) in [6.07, 6.45) is 0.0903. The summed E-state index contributed by atoms with van der Waals surface area (Å²) < 4.78 is 12.5. The quantitative estimate of drug-likeness (QED) is 0.487. The zero-order valence-corrected chi connectivity index (χ0v) is 19.4. The zero-order valence-electron chi connectivity index (χ0n) is 18.6. The maximum atomic E-state index is 12.7. The van der Waals surface area contributed by atoms with Crippen LogP contribution < -0.4 is 20.1 Å². The molecule has 0 spiro atoms. The Morgan fingerprint density at radius 1 is 1.06 bits per heavy atom. The smallest absolute Gasteiger partial charge is 0.237 e. The van der Waals surface area contributed by atoms with Crippen molar-refractivity contribution in [2.75, 3.05) is 17.4 Å². The molecule has 2 amide bonds. The number of benzene rings is 2. The van der Waals surface area contributed by atoms with Crippen LogP contribution in [0.2, 0.25) is 0 Å². The van der Waals surface area contributed by atoms with Crippen molar-refractivity contribution in [2.45, 2.75) is 44.1 Å². The van der Waals surface area contributed by atoms with Crippen LogP contribution in [0.15, 0.2) is 47.6 Å². The van der Waals surface area contributed by atoms with Gasteiger partial charge in [0.2, 0.25) is 18.6 Å². The number of ether oxygens (including phenoxy) is 2. The number of nitrogens with zero attached hydrogens (tertiary/aromatic N) is 3. The number of aryl methyl sites for hydroxylation is 1. The molecule has 1 aliphatic rings. The highest BCUT2D eigenvalue weighted by Crippen LogP contribution is 2.34. The number of nitrogens with one attached hydrogen (secondary N) is 2. The van der Waals surface area contributed by atoms with E-state index in [-0.39, 0.29) is 25.0 Å². The number of carbonyl (C=O) groups is 2. The lowest BCUT2D eigenvalue weighted by Crippen LogP contribution is -2.23. The van der Waals surface area contributed by atoms with Gasteiger partial charge in [-0.3, -0.25) is 9.59 Å². The van der Waals surface area contributed by atoms with Crippen molar-refractivity contribution >= 4 is 35.0 Å². The van der Waals surface area contributed by atoms with E-state index in [9.17, 15) is 9.59 Å². The van der Waals surface area contributed by atoms with E-state index in [1.165, 1.54) is 11.8 Å². The summed E-state index contributed by atoms with van der Waals surface area (Å²) in [5, 5.41) is 14.3. The molecule has 9 nitrogen and oxygen atoms in total. The van der Waals surface area contributed by atoms with Crippen molar-refractivity contribution in [1.29, 1.82) is 0 Å². The fourth-order valence-corrected chi connectivity index (χ4v) is 4.20. The van der Waals surface area contributed by atoms with Crippen LogP contribution in [-0.4, -0.2) is 38.6 Å². The van der Waals surface area contributed by atoms with Gasteiger partial charge in [0.15, 0.2) is 16.7 Å². The van der Waals surface area contributed by atoms with Gasteiger partial charge >= 0.3 is 0 Å². The minimum absolute atomic E-state index is 0.0903.